The molecule has 2 amide bonds. The van der Waals surface area contributed by atoms with Gasteiger partial charge in [-0.05, 0) is 54.6 Å². The number of benzene rings is 1. The van der Waals surface area contributed by atoms with Crippen LogP contribution in [0.5, 0.6) is 0 Å². The van der Waals surface area contributed by atoms with Crippen LogP contribution in [0.25, 0.3) is 16.3 Å². The molecule has 1 atom stereocenters. The molecule has 1 aliphatic rings. The lowest BCUT2D eigenvalue weighted by Gasteiger charge is -2.17. The van der Waals surface area contributed by atoms with E-state index in [-0.39, 0.29) is 23.3 Å². The van der Waals surface area contributed by atoms with Crippen LogP contribution in [0.1, 0.15) is 16.1 Å². The number of hydrogen-bond donors (Lipinski definition) is 1. The second kappa shape index (κ2) is 9.44. The summed E-state index contributed by atoms with van der Waals surface area (Å²) in [7, 11) is 0. The zero-order valence-electron chi connectivity index (χ0n) is 18.3. The van der Waals surface area contributed by atoms with Gasteiger partial charge in [0, 0.05) is 55.3 Å². The molecule has 1 fully saturated rings. The number of nitrogens with zero attached hydrogens (tertiary/aromatic N) is 3. The van der Waals surface area contributed by atoms with E-state index in [0.29, 0.717) is 24.4 Å². The number of hydrogen-bond acceptors (Lipinski definition) is 5. The second-order valence-electron chi connectivity index (χ2n) is 8.09. The van der Waals surface area contributed by atoms with Gasteiger partial charge in [0.05, 0.1) is 15.4 Å². The van der Waals surface area contributed by atoms with E-state index >= 15 is 0 Å². The van der Waals surface area contributed by atoms with Crippen LogP contribution in [0.3, 0.4) is 0 Å². The summed E-state index contributed by atoms with van der Waals surface area (Å²) < 4.78 is 1.55. The minimum atomic E-state index is -0.143. The van der Waals surface area contributed by atoms with E-state index in [1.165, 1.54) is 17.4 Å². The molecule has 34 heavy (non-hydrogen) atoms. The fourth-order valence-electron chi connectivity index (χ4n) is 4.03. The van der Waals surface area contributed by atoms with E-state index < -0.39 is 0 Å². The van der Waals surface area contributed by atoms with Crippen molar-refractivity contribution in [1.82, 2.24) is 14.9 Å². The lowest BCUT2D eigenvalue weighted by molar-refractivity contribution is -0.117. The Kier molecular flexibility index (Phi) is 6.05. The van der Waals surface area contributed by atoms with Gasteiger partial charge in [0.25, 0.3) is 11.5 Å². The van der Waals surface area contributed by atoms with E-state index in [2.05, 4.69) is 10.3 Å². The molecule has 0 spiro atoms. The third kappa shape index (κ3) is 4.53. The minimum Gasteiger partial charge on any atom is -0.351 e. The van der Waals surface area contributed by atoms with Crippen molar-refractivity contribution >= 4 is 28.8 Å². The fraction of sp³-hybridized carbons (Fsp3) is 0.154. The van der Waals surface area contributed by atoms with Crippen molar-refractivity contribution in [3.8, 4) is 16.3 Å². The van der Waals surface area contributed by atoms with Gasteiger partial charge < -0.3 is 10.2 Å². The zero-order valence-corrected chi connectivity index (χ0v) is 19.1. The average Bonchev–Trinajstić information content (AvgIpc) is 3.51. The maximum atomic E-state index is 12.6. The number of carbonyl (C=O) groups is 2. The molecule has 0 saturated carbocycles. The number of aromatic nitrogens is 2. The van der Waals surface area contributed by atoms with Crippen LogP contribution in [-0.2, 0) is 4.79 Å². The lowest BCUT2D eigenvalue weighted by atomic mass is 10.1. The van der Waals surface area contributed by atoms with Crippen molar-refractivity contribution in [2.24, 2.45) is 5.92 Å². The molecule has 1 saturated heterocycles. The van der Waals surface area contributed by atoms with Gasteiger partial charge >= 0.3 is 0 Å². The minimum absolute atomic E-state index is 0.0254. The first-order chi connectivity index (χ1) is 16.6. The summed E-state index contributed by atoms with van der Waals surface area (Å²) in [5.41, 5.74) is 2.25. The first-order valence-corrected chi connectivity index (χ1v) is 11.8. The highest BCUT2D eigenvalue weighted by molar-refractivity contribution is 7.17. The molecule has 4 heterocycles. The summed E-state index contributed by atoms with van der Waals surface area (Å²) in [6.07, 6.45) is 3.82. The maximum absolute atomic E-state index is 12.6. The molecule has 0 aliphatic carbocycles. The summed E-state index contributed by atoms with van der Waals surface area (Å²) in [4.78, 5) is 44.9. The molecule has 1 aromatic carbocycles. The molecule has 1 N–H and O–H groups in total. The van der Waals surface area contributed by atoms with Crippen molar-refractivity contribution < 1.29 is 9.59 Å². The van der Waals surface area contributed by atoms with Crippen molar-refractivity contribution in [2.75, 3.05) is 18.0 Å². The number of anilines is 1. The highest BCUT2D eigenvalue weighted by Gasteiger charge is 2.31. The summed E-state index contributed by atoms with van der Waals surface area (Å²) in [6, 6.07) is 21.7. The van der Waals surface area contributed by atoms with E-state index in [1.54, 1.807) is 40.1 Å². The smallest absolute Gasteiger partial charge is 0.261 e. The van der Waals surface area contributed by atoms with Gasteiger partial charge in [-0.3, -0.25) is 23.9 Å². The molecule has 8 heteroatoms. The molecule has 1 unspecified atom stereocenters. The summed E-state index contributed by atoms with van der Waals surface area (Å²) in [5.74, 6) is -0.0868. The van der Waals surface area contributed by atoms with Gasteiger partial charge in [-0.15, -0.1) is 11.3 Å². The van der Waals surface area contributed by atoms with Crippen molar-refractivity contribution in [3.05, 3.63) is 100 Å². The Morgan fingerprint density at radius 1 is 0.971 bits per heavy atom. The fourth-order valence-corrected chi connectivity index (χ4v) is 4.93. The molecule has 1 aliphatic heterocycles. The molecule has 0 radical (unpaired) electrons. The topological polar surface area (TPSA) is 84.3 Å². The molecular weight excluding hydrogens is 448 g/mol. The monoisotopic (exact) mass is 470 g/mol. The Bertz CT molecular complexity index is 1380. The third-order valence-electron chi connectivity index (χ3n) is 5.77. The molecule has 3 aromatic heterocycles. The number of carbonyl (C=O) groups excluding carboxylic acids is 2. The van der Waals surface area contributed by atoms with Crippen LogP contribution in [0, 0.1) is 5.92 Å². The number of amides is 2. The Labute approximate surface area is 200 Å². The molecule has 7 nitrogen and oxygen atoms in total. The van der Waals surface area contributed by atoms with Crippen molar-refractivity contribution in [3.63, 3.8) is 0 Å². The Morgan fingerprint density at radius 2 is 1.76 bits per heavy atom. The quantitative estimate of drug-likeness (QED) is 0.465. The van der Waals surface area contributed by atoms with Crippen LogP contribution in [-0.4, -0.2) is 34.5 Å². The van der Waals surface area contributed by atoms with Gasteiger partial charge in [0.1, 0.15) is 0 Å². The summed E-state index contributed by atoms with van der Waals surface area (Å²) in [5, 5.41) is 2.97. The van der Waals surface area contributed by atoms with E-state index in [9.17, 15) is 14.4 Å². The lowest BCUT2D eigenvalue weighted by Crippen LogP contribution is -2.30. The largest absolute Gasteiger partial charge is 0.351 e. The standard InChI is InChI=1S/C26H22N4O3S/c31-24-6-2-4-14-29(24)19-7-9-20(10-8-19)30-17-18(15-25(30)32)16-28-26(33)23-12-11-22(34-23)21-5-1-3-13-27-21/h1-14,18H,15-17H2,(H,28,33). The molecule has 4 aromatic rings. The van der Waals surface area contributed by atoms with Gasteiger partial charge in [-0.1, -0.05) is 12.1 Å². The second-order valence-corrected chi connectivity index (χ2v) is 9.17. The summed E-state index contributed by atoms with van der Waals surface area (Å²) >= 11 is 1.40. The van der Waals surface area contributed by atoms with Gasteiger partial charge in [0.15, 0.2) is 0 Å². The van der Waals surface area contributed by atoms with Gasteiger partial charge in [-0.2, -0.15) is 0 Å². The number of rotatable bonds is 6. The van der Waals surface area contributed by atoms with Gasteiger partial charge in [-0.25, -0.2) is 0 Å². The SMILES string of the molecule is O=C(NCC1CC(=O)N(c2ccc(-n3ccccc3=O)cc2)C1)c1ccc(-c2ccccn2)s1. The summed E-state index contributed by atoms with van der Waals surface area (Å²) in [6.45, 7) is 0.961. The predicted octanol–water partition coefficient (Wildman–Crippen LogP) is 3.74. The highest BCUT2D eigenvalue weighted by Crippen LogP contribution is 2.27. The first kappa shape index (κ1) is 21.8. The van der Waals surface area contributed by atoms with Gasteiger partial charge in [0.2, 0.25) is 5.91 Å². The van der Waals surface area contributed by atoms with Crippen LogP contribution in [0.4, 0.5) is 5.69 Å². The molecule has 0 bridgehead atoms. The Morgan fingerprint density at radius 3 is 2.53 bits per heavy atom. The number of nitrogens with one attached hydrogen (secondary N) is 1. The zero-order chi connectivity index (χ0) is 23.5. The highest BCUT2D eigenvalue weighted by atomic mass is 32.1. The number of pyridine rings is 2. The van der Waals surface area contributed by atoms with E-state index in [1.807, 2.05) is 48.5 Å². The average molecular weight is 471 g/mol. The van der Waals surface area contributed by atoms with Crippen LogP contribution in [0.15, 0.2) is 90.0 Å². The van der Waals surface area contributed by atoms with E-state index in [0.717, 1.165) is 21.9 Å². The van der Waals surface area contributed by atoms with Crippen LogP contribution < -0.4 is 15.8 Å². The normalized spacial score (nSPS) is 15.5. The maximum Gasteiger partial charge on any atom is 0.261 e. The van der Waals surface area contributed by atoms with E-state index in [4.69, 9.17) is 0 Å². The van der Waals surface area contributed by atoms with Crippen LogP contribution in [0.2, 0.25) is 0 Å². The third-order valence-corrected chi connectivity index (χ3v) is 6.87. The predicted molar refractivity (Wildman–Crippen MR) is 132 cm³/mol. The first-order valence-electron chi connectivity index (χ1n) is 11.0. The molecule has 170 valence electrons. The Balaban J connectivity index is 1.19. The number of thiophene rings is 1. The molecule has 5 rings (SSSR count). The van der Waals surface area contributed by atoms with Crippen molar-refractivity contribution in [1.29, 1.82) is 0 Å². The van der Waals surface area contributed by atoms with Crippen LogP contribution >= 0.6 is 11.3 Å². The van der Waals surface area contributed by atoms with Crippen molar-refractivity contribution in [2.45, 2.75) is 6.42 Å². The molecular formula is C26H22N4O3S. The Hall–Kier alpha value is -4.04.